The third-order valence-electron chi connectivity index (χ3n) is 7.22. The Hall–Kier alpha value is -2.67. The molecule has 0 bridgehead atoms. The van der Waals surface area contributed by atoms with Crippen LogP contribution in [0.3, 0.4) is 0 Å². The molecule has 3 aromatic rings. The van der Waals surface area contributed by atoms with E-state index in [1.807, 2.05) is 18.5 Å². The molecule has 0 N–H and O–H groups in total. The fourth-order valence-electron chi connectivity index (χ4n) is 5.08. The zero-order chi connectivity index (χ0) is 26.4. The van der Waals surface area contributed by atoms with Gasteiger partial charge in [-0.15, -0.1) is 11.8 Å². The van der Waals surface area contributed by atoms with Gasteiger partial charge in [-0.05, 0) is 65.1 Å². The zero-order valence-corrected chi connectivity index (χ0v) is 24.4. The van der Waals surface area contributed by atoms with Crippen LogP contribution >= 0.6 is 0 Å². The molecule has 2 nitrogen and oxygen atoms in total. The van der Waals surface area contributed by atoms with Crippen molar-refractivity contribution >= 4 is 18.7 Å². The second kappa shape index (κ2) is 14.9. The van der Waals surface area contributed by atoms with Crippen molar-refractivity contribution in [3.63, 3.8) is 0 Å². The van der Waals surface area contributed by atoms with Gasteiger partial charge in [0.1, 0.15) is 0 Å². The van der Waals surface area contributed by atoms with E-state index in [9.17, 15) is 0 Å². The molecule has 0 saturated carbocycles. The van der Waals surface area contributed by atoms with Gasteiger partial charge >= 0.3 is 0 Å². The van der Waals surface area contributed by atoms with E-state index in [0.717, 1.165) is 38.7 Å². The minimum atomic E-state index is -2.43. The first kappa shape index (κ1) is 28.9. The minimum absolute atomic E-state index is 0.0302. The summed E-state index contributed by atoms with van der Waals surface area (Å²) in [7, 11) is -2.43. The van der Waals surface area contributed by atoms with Gasteiger partial charge < -0.3 is 4.43 Å². The Labute approximate surface area is 227 Å². The standard InChI is InChI=1S/C34H45NOSi/c1-30(19-12-8-6-5-7-9-13-20-31-21-18-27-35-29-31)26-28-36-37(34(2,3)4,32-22-14-10-15-23-32)33-24-16-11-17-25-33/h10-11,14-18,21-25,27,29-30H,5,7,9,12-13,19-20,26,28H2,1-4H3/t30-/m0/s1. The monoisotopic (exact) mass is 511 g/mol. The molecule has 37 heavy (non-hydrogen) atoms. The third kappa shape index (κ3) is 8.70. The van der Waals surface area contributed by atoms with Gasteiger partial charge in [0.05, 0.1) is 0 Å². The molecule has 3 rings (SSSR count). The summed E-state index contributed by atoms with van der Waals surface area (Å²) in [4.78, 5) is 4.19. The van der Waals surface area contributed by atoms with Crippen molar-refractivity contribution in [1.29, 1.82) is 0 Å². The maximum atomic E-state index is 7.05. The summed E-state index contributed by atoms with van der Waals surface area (Å²) in [6, 6.07) is 26.0. The molecule has 0 amide bonds. The van der Waals surface area contributed by atoms with Gasteiger partial charge in [0.15, 0.2) is 0 Å². The molecule has 196 valence electrons. The van der Waals surface area contributed by atoms with Crippen molar-refractivity contribution < 1.29 is 4.43 Å². The molecule has 0 radical (unpaired) electrons. The zero-order valence-electron chi connectivity index (χ0n) is 23.4. The van der Waals surface area contributed by atoms with Crippen LogP contribution in [0, 0.1) is 17.8 Å². The maximum Gasteiger partial charge on any atom is 0.261 e. The van der Waals surface area contributed by atoms with Gasteiger partial charge in [0.25, 0.3) is 8.32 Å². The number of hydrogen-bond donors (Lipinski definition) is 0. The van der Waals surface area contributed by atoms with E-state index in [2.05, 4.69) is 111 Å². The molecule has 0 aliphatic rings. The molecule has 0 saturated heterocycles. The highest BCUT2D eigenvalue weighted by Gasteiger charge is 2.49. The first-order valence-corrected chi connectivity index (χ1v) is 15.9. The van der Waals surface area contributed by atoms with Crippen LogP contribution < -0.4 is 10.4 Å². The number of aryl methyl sites for hydroxylation is 1. The highest BCUT2D eigenvalue weighted by molar-refractivity contribution is 6.99. The van der Waals surface area contributed by atoms with E-state index < -0.39 is 8.32 Å². The lowest BCUT2D eigenvalue weighted by atomic mass is 10.0. The molecular formula is C34H45NOSi. The number of rotatable bonds is 13. The number of hydrogen-bond acceptors (Lipinski definition) is 2. The van der Waals surface area contributed by atoms with Crippen molar-refractivity contribution in [3.8, 4) is 11.8 Å². The van der Waals surface area contributed by atoms with Crippen LogP contribution in [0.5, 0.6) is 0 Å². The van der Waals surface area contributed by atoms with E-state index in [1.54, 1.807) is 0 Å². The molecule has 0 fully saturated rings. The van der Waals surface area contributed by atoms with E-state index in [-0.39, 0.29) is 5.04 Å². The van der Waals surface area contributed by atoms with Crippen LogP contribution in [0.1, 0.15) is 78.2 Å². The number of nitrogens with zero attached hydrogens (tertiary/aromatic N) is 1. The molecule has 3 heteroatoms. The van der Waals surface area contributed by atoms with E-state index in [1.165, 1.54) is 35.2 Å². The predicted molar refractivity (Wildman–Crippen MR) is 161 cm³/mol. The van der Waals surface area contributed by atoms with Crippen molar-refractivity contribution in [1.82, 2.24) is 4.98 Å². The SMILES string of the molecule is C[C@@H](CCC#CCCCCCc1cccnc1)CCO[Si](c1ccccc1)(c1ccccc1)C(C)(C)C. The largest absolute Gasteiger partial charge is 0.407 e. The van der Waals surface area contributed by atoms with Gasteiger partial charge in [-0.25, -0.2) is 0 Å². The summed E-state index contributed by atoms with van der Waals surface area (Å²) in [5.41, 5.74) is 1.33. The molecule has 0 aliphatic carbocycles. The number of benzene rings is 2. The molecule has 1 aromatic heterocycles. The van der Waals surface area contributed by atoms with Crippen LogP contribution in [-0.4, -0.2) is 19.9 Å². The molecule has 1 heterocycles. The summed E-state index contributed by atoms with van der Waals surface area (Å²) in [5, 5.41) is 2.74. The Kier molecular flexibility index (Phi) is 11.6. The van der Waals surface area contributed by atoms with Crippen LogP contribution in [0.15, 0.2) is 85.2 Å². The lowest BCUT2D eigenvalue weighted by Crippen LogP contribution is -2.66. The number of unbranched alkanes of at least 4 members (excludes halogenated alkanes) is 3. The summed E-state index contributed by atoms with van der Waals surface area (Å²) in [6.45, 7) is 10.2. The van der Waals surface area contributed by atoms with Gasteiger partial charge in [-0.1, -0.05) is 101 Å². The number of pyridine rings is 1. The van der Waals surface area contributed by atoms with E-state index in [4.69, 9.17) is 4.43 Å². The van der Waals surface area contributed by atoms with Crippen molar-refractivity contribution in [3.05, 3.63) is 90.8 Å². The average molecular weight is 512 g/mol. The third-order valence-corrected chi connectivity index (χ3v) is 12.3. The lowest BCUT2D eigenvalue weighted by Gasteiger charge is -2.43. The van der Waals surface area contributed by atoms with Crippen molar-refractivity contribution in [2.75, 3.05) is 6.61 Å². The van der Waals surface area contributed by atoms with Crippen LogP contribution in [0.25, 0.3) is 0 Å². The van der Waals surface area contributed by atoms with Gasteiger partial charge in [0, 0.05) is 31.8 Å². The average Bonchev–Trinajstić information content (AvgIpc) is 2.91. The highest BCUT2D eigenvalue weighted by Crippen LogP contribution is 2.37. The van der Waals surface area contributed by atoms with E-state index >= 15 is 0 Å². The summed E-state index contributed by atoms with van der Waals surface area (Å²) in [6.07, 6.45) is 12.8. The summed E-state index contributed by atoms with van der Waals surface area (Å²) >= 11 is 0. The van der Waals surface area contributed by atoms with Crippen molar-refractivity contribution in [2.24, 2.45) is 5.92 Å². The van der Waals surface area contributed by atoms with Gasteiger partial charge in [-0.2, -0.15) is 0 Å². The molecule has 0 aliphatic heterocycles. The number of aromatic nitrogens is 1. The topological polar surface area (TPSA) is 22.1 Å². The second-order valence-electron chi connectivity index (χ2n) is 11.2. The molecule has 2 aromatic carbocycles. The first-order valence-electron chi connectivity index (χ1n) is 14.0. The van der Waals surface area contributed by atoms with Gasteiger partial charge in [-0.3, -0.25) is 4.98 Å². The Bertz CT molecular complexity index is 1040. The van der Waals surface area contributed by atoms with Crippen LogP contribution in [-0.2, 0) is 10.8 Å². The van der Waals surface area contributed by atoms with E-state index in [0.29, 0.717) is 5.92 Å². The smallest absolute Gasteiger partial charge is 0.261 e. The summed E-state index contributed by atoms with van der Waals surface area (Å²) < 4.78 is 7.05. The molecular weight excluding hydrogens is 466 g/mol. The fourth-order valence-corrected chi connectivity index (χ4v) is 9.66. The Morgan fingerprint density at radius 1 is 0.784 bits per heavy atom. The van der Waals surface area contributed by atoms with Crippen LogP contribution in [0.4, 0.5) is 0 Å². The molecule has 0 unspecified atom stereocenters. The highest BCUT2D eigenvalue weighted by atomic mass is 28.4. The Balaban J connectivity index is 1.45. The maximum absolute atomic E-state index is 7.05. The predicted octanol–water partition coefficient (Wildman–Crippen LogP) is 7.57. The Morgan fingerprint density at radius 3 is 2.03 bits per heavy atom. The first-order chi connectivity index (χ1) is 17.9. The summed E-state index contributed by atoms with van der Waals surface area (Å²) in [5.74, 6) is 7.42. The molecule has 1 atom stereocenters. The normalized spacial score (nSPS) is 12.5. The van der Waals surface area contributed by atoms with Gasteiger partial charge in [0.2, 0.25) is 0 Å². The molecule has 0 spiro atoms. The van der Waals surface area contributed by atoms with Crippen molar-refractivity contribution in [2.45, 2.75) is 84.1 Å². The Morgan fingerprint density at radius 2 is 1.43 bits per heavy atom. The minimum Gasteiger partial charge on any atom is -0.407 e. The lowest BCUT2D eigenvalue weighted by molar-refractivity contribution is 0.265. The second-order valence-corrected chi connectivity index (χ2v) is 15.5. The van der Waals surface area contributed by atoms with Crippen LogP contribution in [0.2, 0.25) is 5.04 Å². The fraction of sp³-hybridized carbons (Fsp3) is 0.441. The quantitative estimate of drug-likeness (QED) is 0.134.